The van der Waals surface area contributed by atoms with Crippen molar-refractivity contribution in [3.63, 3.8) is 0 Å². The molecule has 0 aliphatic carbocycles. The van der Waals surface area contributed by atoms with Crippen LogP contribution in [0.25, 0.3) is 0 Å². The van der Waals surface area contributed by atoms with Crippen LogP contribution in [0.2, 0.25) is 0 Å². The molecule has 0 atom stereocenters. The van der Waals surface area contributed by atoms with E-state index in [1.165, 1.54) is 0 Å². The van der Waals surface area contributed by atoms with E-state index in [-0.39, 0.29) is 30.1 Å². The summed E-state index contributed by atoms with van der Waals surface area (Å²) in [4.78, 5) is 20.8. The van der Waals surface area contributed by atoms with Crippen molar-refractivity contribution in [2.75, 3.05) is 60.1 Å². The van der Waals surface area contributed by atoms with Gasteiger partial charge in [0.05, 0.1) is 6.10 Å². The lowest BCUT2D eigenvalue weighted by molar-refractivity contribution is 0.00968. The molecule has 0 spiro atoms. The summed E-state index contributed by atoms with van der Waals surface area (Å²) in [6.45, 7) is 11.6. The first-order valence-corrected chi connectivity index (χ1v) is 11.4. The topological polar surface area (TPSA) is 75.6 Å². The molecule has 182 valence electrons. The minimum atomic E-state index is -0.440. The average Bonchev–Trinajstić information content (AvgIpc) is 2.72. The fourth-order valence-corrected chi connectivity index (χ4v) is 3.90. The molecule has 31 heavy (non-hydrogen) atoms. The van der Waals surface area contributed by atoms with Crippen molar-refractivity contribution in [3.05, 3.63) is 0 Å². The van der Waals surface area contributed by atoms with Crippen molar-refractivity contribution in [2.24, 2.45) is 10.9 Å². The van der Waals surface area contributed by atoms with Gasteiger partial charge < -0.3 is 29.3 Å². The predicted molar refractivity (Wildman–Crippen MR) is 134 cm³/mol. The molecular formula is C22H43IN4O4. The van der Waals surface area contributed by atoms with Crippen LogP contribution in [0.1, 0.15) is 52.9 Å². The van der Waals surface area contributed by atoms with Gasteiger partial charge in [0.15, 0.2) is 5.96 Å². The number of methoxy groups -OCH3 is 1. The molecule has 0 aromatic carbocycles. The van der Waals surface area contributed by atoms with Crippen LogP contribution in [0, 0.1) is 5.92 Å². The van der Waals surface area contributed by atoms with Gasteiger partial charge in [0, 0.05) is 60.1 Å². The summed E-state index contributed by atoms with van der Waals surface area (Å²) >= 11 is 0. The van der Waals surface area contributed by atoms with Gasteiger partial charge in [-0.3, -0.25) is 4.99 Å². The number of likely N-dealkylation sites (tertiary alicyclic amines) is 2. The maximum atomic E-state index is 12.2. The molecule has 0 aromatic heterocycles. The maximum absolute atomic E-state index is 12.2. The summed E-state index contributed by atoms with van der Waals surface area (Å²) in [6.07, 6.45) is 5.13. The van der Waals surface area contributed by atoms with Crippen LogP contribution in [0.5, 0.6) is 0 Å². The number of piperidine rings is 2. The monoisotopic (exact) mass is 554 g/mol. The smallest absolute Gasteiger partial charge is 0.410 e. The van der Waals surface area contributed by atoms with Crippen molar-refractivity contribution >= 4 is 36.0 Å². The Kier molecular flexibility index (Phi) is 13.1. The summed E-state index contributed by atoms with van der Waals surface area (Å²) in [5.74, 6) is 1.52. The SMILES string of the molecule is CN=C(NCC1CCN(C(=O)OC(C)(C)C)CC1)N1CCC(OCCCOC)CC1.I. The number of halogens is 1. The number of carbonyl (C=O) groups is 1. The number of aliphatic imine (C=N–C) groups is 1. The number of carbonyl (C=O) groups excluding carboxylic acids is 1. The average molecular weight is 555 g/mol. The summed E-state index contributed by atoms with van der Waals surface area (Å²) < 4.78 is 16.5. The Bertz CT molecular complexity index is 540. The second kappa shape index (κ2) is 14.4. The quantitative estimate of drug-likeness (QED) is 0.225. The lowest BCUT2D eigenvalue weighted by Gasteiger charge is -2.36. The molecule has 0 aromatic rings. The minimum Gasteiger partial charge on any atom is -0.444 e. The molecule has 0 unspecified atom stereocenters. The molecule has 2 rings (SSSR count). The summed E-state index contributed by atoms with van der Waals surface area (Å²) in [5.41, 5.74) is -0.440. The summed E-state index contributed by atoms with van der Waals surface area (Å²) in [5, 5.41) is 3.55. The van der Waals surface area contributed by atoms with Crippen LogP contribution in [0.3, 0.4) is 0 Å². The Labute approximate surface area is 205 Å². The van der Waals surface area contributed by atoms with Crippen LogP contribution in [-0.4, -0.2) is 93.7 Å². The van der Waals surface area contributed by atoms with Crippen LogP contribution in [0.15, 0.2) is 4.99 Å². The Morgan fingerprint density at radius 2 is 1.65 bits per heavy atom. The number of guanidine groups is 1. The zero-order valence-electron chi connectivity index (χ0n) is 20.0. The fourth-order valence-electron chi connectivity index (χ4n) is 3.90. The second-order valence-electron chi connectivity index (χ2n) is 9.24. The zero-order valence-corrected chi connectivity index (χ0v) is 22.4. The molecule has 9 heteroatoms. The first kappa shape index (κ1) is 28.2. The Morgan fingerprint density at radius 1 is 1.03 bits per heavy atom. The van der Waals surface area contributed by atoms with E-state index in [2.05, 4.69) is 15.2 Å². The first-order valence-electron chi connectivity index (χ1n) is 11.4. The van der Waals surface area contributed by atoms with E-state index in [0.29, 0.717) is 12.0 Å². The van der Waals surface area contributed by atoms with Crippen LogP contribution < -0.4 is 5.32 Å². The standard InChI is InChI=1S/C22H42N4O4.HI/c1-22(2,3)30-21(27)26-11-7-18(8-12-26)17-24-20(23-4)25-13-9-19(10-14-25)29-16-6-15-28-5;/h18-19H,6-17H2,1-5H3,(H,23,24);1H. The molecule has 1 amide bonds. The number of hydrogen-bond donors (Lipinski definition) is 1. The predicted octanol–water partition coefficient (Wildman–Crippen LogP) is 3.34. The summed E-state index contributed by atoms with van der Waals surface area (Å²) in [7, 11) is 3.57. The third-order valence-electron chi connectivity index (χ3n) is 5.61. The number of rotatable bonds is 7. The van der Waals surface area contributed by atoms with Crippen molar-refractivity contribution in [1.82, 2.24) is 15.1 Å². The molecule has 0 radical (unpaired) electrons. The lowest BCUT2D eigenvalue weighted by atomic mass is 9.97. The number of nitrogens with one attached hydrogen (secondary N) is 1. The molecule has 2 saturated heterocycles. The third kappa shape index (κ3) is 10.6. The van der Waals surface area contributed by atoms with E-state index in [1.54, 1.807) is 7.11 Å². The van der Waals surface area contributed by atoms with Gasteiger partial charge in [-0.25, -0.2) is 4.79 Å². The molecule has 2 fully saturated rings. The van der Waals surface area contributed by atoms with Gasteiger partial charge >= 0.3 is 6.09 Å². The third-order valence-corrected chi connectivity index (χ3v) is 5.61. The molecule has 0 bridgehead atoms. The molecule has 2 aliphatic rings. The molecule has 2 heterocycles. The van der Waals surface area contributed by atoms with E-state index in [1.807, 2.05) is 32.7 Å². The minimum absolute atomic E-state index is 0. The van der Waals surface area contributed by atoms with Gasteiger partial charge in [-0.05, 0) is 58.8 Å². The normalized spacial score (nSPS) is 19.2. The largest absolute Gasteiger partial charge is 0.444 e. The van der Waals surface area contributed by atoms with E-state index < -0.39 is 5.60 Å². The highest BCUT2D eigenvalue weighted by atomic mass is 127. The molecule has 2 aliphatic heterocycles. The van der Waals surface area contributed by atoms with Crippen molar-refractivity contribution in [1.29, 1.82) is 0 Å². The van der Waals surface area contributed by atoms with Crippen molar-refractivity contribution in [3.8, 4) is 0 Å². The van der Waals surface area contributed by atoms with Crippen molar-refractivity contribution < 1.29 is 19.0 Å². The Morgan fingerprint density at radius 3 is 2.19 bits per heavy atom. The molecule has 1 N–H and O–H groups in total. The van der Waals surface area contributed by atoms with Crippen LogP contribution in [-0.2, 0) is 14.2 Å². The number of hydrogen-bond acceptors (Lipinski definition) is 5. The van der Waals surface area contributed by atoms with Crippen LogP contribution in [0.4, 0.5) is 4.79 Å². The Balaban J connectivity index is 0.00000480. The van der Waals surface area contributed by atoms with Gasteiger partial charge in [0.2, 0.25) is 0 Å². The van der Waals surface area contributed by atoms with Gasteiger partial charge in [0.25, 0.3) is 0 Å². The number of ether oxygens (including phenoxy) is 3. The Hall–Kier alpha value is -0.810. The molecule has 8 nitrogen and oxygen atoms in total. The highest BCUT2D eigenvalue weighted by molar-refractivity contribution is 14.0. The highest BCUT2D eigenvalue weighted by Gasteiger charge is 2.27. The van der Waals surface area contributed by atoms with E-state index in [0.717, 1.165) is 84.0 Å². The van der Waals surface area contributed by atoms with E-state index in [9.17, 15) is 4.79 Å². The van der Waals surface area contributed by atoms with Crippen molar-refractivity contribution in [2.45, 2.75) is 64.6 Å². The van der Waals surface area contributed by atoms with Crippen LogP contribution >= 0.6 is 24.0 Å². The lowest BCUT2D eigenvalue weighted by Crippen LogP contribution is -2.49. The van der Waals surface area contributed by atoms with Gasteiger partial charge in [-0.2, -0.15) is 0 Å². The number of amides is 1. The van der Waals surface area contributed by atoms with Gasteiger partial charge in [-0.1, -0.05) is 0 Å². The molecule has 0 saturated carbocycles. The van der Waals surface area contributed by atoms with Gasteiger partial charge in [0.1, 0.15) is 5.60 Å². The van der Waals surface area contributed by atoms with E-state index in [4.69, 9.17) is 14.2 Å². The van der Waals surface area contributed by atoms with E-state index >= 15 is 0 Å². The zero-order chi connectivity index (χ0) is 22.0. The first-order chi connectivity index (χ1) is 14.3. The highest BCUT2D eigenvalue weighted by Crippen LogP contribution is 2.20. The maximum Gasteiger partial charge on any atom is 0.410 e. The van der Waals surface area contributed by atoms with Gasteiger partial charge in [-0.15, -0.1) is 24.0 Å². The second-order valence-corrected chi connectivity index (χ2v) is 9.24. The molecular weight excluding hydrogens is 511 g/mol. The summed E-state index contributed by atoms with van der Waals surface area (Å²) in [6, 6.07) is 0. The number of nitrogens with zero attached hydrogens (tertiary/aromatic N) is 3. The fraction of sp³-hybridized carbons (Fsp3) is 0.909.